The van der Waals surface area contributed by atoms with Crippen LogP contribution in [0.5, 0.6) is 5.75 Å². The van der Waals surface area contributed by atoms with Crippen molar-refractivity contribution in [2.24, 2.45) is 0 Å². The van der Waals surface area contributed by atoms with E-state index in [4.69, 9.17) is 22.1 Å². The summed E-state index contributed by atoms with van der Waals surface area (Å²) in [4.78, 5) is 4.45. The van der Waals surface area contributed by atoms with Crippen LogP contribution in [0.15, 0.2) is 66.7 Å². The number of hydrogen-bond donors (Lipinski definition) is 1. The van der Waals surface area contributed by atoms with Crippen LogP contribution in [0.4, 0.5) is 5.82 Å². The van der Waals surface area contributed by atoms with E-state index >= 15 is 0 Å². The topological polar surface area (TPSA) is 53.1 Å². The molecule has 26 heavy (non-hydrogen) atoms. The Morgan fingerprint density at radius 1 is 1.04 bits per heavy atom. The fourth-order valence-electron chi connectivity index (χ4n) is 3.17. The van der Waals surface area contributed by atoms with E-state index in [-0.39, 0.29) is 0 Å². The molecule has 0 aliphatic carbocycles. The number of rotatable bonds is 4. The van der Waals surface area contributed by atoms with Gasteiger partial charge in [-0.15, -0.1) is 0 Å². The highest BCUT2D eigenvalue weighted by Gasteiger charge is 2.14. The van der Waals surface area contributed by atoms with Crippen LogP contribution in [0, 0.1) is 0 Å². The number of nitrogens with two attached hydrogens (primary N) is 1. The predicted octanol–water partition coefficient (Wildman–Crippen LogP) is 5.00. The molecular weight excluding hydrogens is 346 g/mol. The molecule has 2 heterocycles. The van der Waals surface area contributed by atoms with Gasteiger partial charge in [0.1, 0.15) is 11.6 Å². The highest BCUT2D eigenvalue weighted by atomic mass is 35.5. The van der Waals surface area contributed by atoms with Gasteiger partial charge in [-0.05, 0) is 36.4 Å². The Morgan fingerprint density at radius 3 is 2.65 bits per heavy atom. The van der Waals surface area contributed by atoms with E-state index in [0.717, 1.165) is 33.6 Å². The zero-order valence-electron chi connectivity index (χ0n) is 14.3. The third-order valence-electron chi connectivity index (χ3n) is 4.41. The van der Waals surface area contributed by atoms with E-state index in [2.05, 4.69) is 21.7 Å². The molecule has 2 N–H and O–H groups in total. The number of aromatic nitrogens is 2. The first-order valence-electron chi connectivity index (χ1n) is 8.29. The second kappa shape index (κ2) is 6.73. The molecular formula is C21H18ClN3O. The Kier molecular flexibility index (Phi) is 4.27. The fraction of sp³-hybridized carbons (Fsp3) is 0.0952. The Labute approximate surface area is 156 Å². The van der Waals surface area contributed by atoms with Crippen LogP contribution in [0.25, 0.3) is 22.2 Å². The van der Waals surface area contributed by atoms with Gasteiger partial charge in [-0.25, -0.2) is 4.98 Å². The SMILES string of the molecule is COc1ccc2cc(-c3ccccc3Cl)n(Cc3cccc(N)n3)c2c1. The van der Waals surface area contributed by atoms with Crippen molar-refractivity contribution in [2.45, 2.75) is 6.54 Å². The van der Waals surface area contributed by atoms with Crippen molar-refractivity contribution < 1.29 is 4.74 Å². The van der Waals surface area contributed by atoms with E-state index in [0.29, 0.717) is 17.4 Å². The van der Waals surface area contributed by atoms with Crippen LogP contribution < -0.4 is 10.5 Å². The first kappa shape index (κ1) is 16.5. The minimum atomic E-state index is 0.510. The van der Waals surface area contributed by atoms with E-state index in [1.807, 2.05) is 48.5 Å². The number of fused-ring (bicyclic) bond motifs is 1. The Morgan fingerprint density at radius 2 is 1.88 bits per heavy atom. The Balaban J connectivity index is 1.94. The lowest BCUT2D eigenvalue weighted by Gasteiger charge is -2.12. The van der Waals surface area contributed by atoms with E-state index in [1.54, 1.807) is 13.2 Å². The highest BCUT2D eigenvalue weighted by molar-refractivity contribution is 6.33. The number of hydrogen-bond acceptors (Lipinski definition) is 3. The Hall–Kier alpha value is -2.98. The largest absolute Gasteiger partial charge is 0.497 e. The van der Waals surface area contributed by atoms with Crippen LogP contribution in [-0.2, 0) is 6.54 Å². The summed E-state index contributed by atoms with van der Waals surface area (Å²) in [7, 11) is 1.67. The molecule has 2 aromatic heterocycles. The van der Waals surface area contributed by atoms with Crippen molar-refractivity contribution in [1.82, 2.24) is 9.55 Å². The average molecular weight is 364 g/mol. The third kappa shape index (κ3) is 3.00. The molecule has 0 saturated heterocycles. The summed E-state index contributed by atoms with van der Waals surface area (Å²) < 4.78 is 7.61. The van der Waals surface area contributed by atoms with Gasteiger partial charge in [-0.2, -0.15) is 0 Å². The van der Waals surface area contributed by atoms with Crippen LogP contribution in [0.3, 0.4) is 0 Å². The monoisotopic (exact) mass is 363 g/mol. The summed E-state index contributed by atoms with van der Waals surface area (Å²) in [5, 5.41) is 1.83. The average Bonchev–Trinajstić information content (AvgIpc) is 2.99. The lowest BCUT2D eigenvalue weighted by atomic mass is 10.1. The van der Waals surface area contributed by atoms with E-state index in [1.165, 1.54) is 0 Å². The molecule has 5 heteroatoms. The maximum atomic E-state index is 6.47. The molecule has 0 unspecified atom stereocenters. The molecule has 0 saturated carbocycles. The van der Waals surface area contributed by atoms with Gasteiger partial charge in [-0.3, -0.25) is 0 Å². The number of anilines is 1. The summed E-state index contributed by atoms with van der Waals surface area (Å²) in [6.07, 6.45) is 0. The van der Waals surface area contributed by atoms with E-state index in [9.17, 15) is 0 Å². The second-order valence-electron chi connectivity index (χ2n) is 6.07. The number of nitrogens with zero attached hydrogens (tertiary/aromatic N) is 2. The summed E-state index contributed by atoms with van der Waals surface area (Å²) in [5.74, 6) is 1.32. The molecule has 2 aromatic carbocycles. The number of pyridine rings is 1. The zero-order valence-corrected chi connectivity index (χ0v) is 15.1. The molecule has 0 spiro atoms. The van der Waals surface area contributed by atoms with Gasteiger partial charge in [0.15, 0.2) is 0 Å². The van der Waals surface area contributed by atoms with Gasteiger partial charge in [0.2, 0.25) is 0 Å². The molecule has 4 nitrogen and oxygen atoms in total. The van der Waals surface area contributed by atoms with Crippen LogP contribution in [-0.4, -0.2) is 16.7 Å². The van der Waals surface area contributed by atoms with Crippen LogP contribution in [0.1, 0.15) is 5.69 Å². The van der Waals surface area contributed by atoms with Gasteiger partial charge in [0.25, 0.3) is 0 Å². The second-order valence-corrected chi connectivity index (χ2v) is 6.48. The van der Waals surface area contributed by atoms with Crippen molar-refractivity contribution in [3.63, 3.8) is 0 Å². The number of halogens is 1. The first-order valence-corrected chi connectivity index (χ1v) is 8.67. The maximum absolute atomic E-state index is 6.47. The molecule has 0 fully saturated rings. The summed E-state index contributed by atoms with van der Waals surface area (Å²) in [6, 6.07) is 21.7. The first-order chi connectivity index (χ1) is 12.7. The minimum Gasteiger partial charge on any atom is -0.497 e. The molecule has 0 bridgehead atoms. The third-order valence-corrected chi connectivity index (χ3v) is 4.74. The molecule has 0 aliphatic rings. The van der Waals surface area contributed by atoms with Gasteiger partial charge < -0.3 is 15.0 Å². The van der Waals surface area contributed by atoms with Gasteiger partial charge in [-0.1, -0.05) is 35.9 Å². The zero-order chi connectivity index (χ0) is 18.1. The fourth-order valence-corrected chi connectivity index (χ4v) is 3.40. The van der Waals surface area contributed by atoms with Crippen LogP contribution in [0.2, 0.25) is 5.02 Å². The molecule has 0 amide bonds. The van der Waals surface area contributed by atoms with Crippen LogP contribution >= 0.6 is 11.6 Å². The van der Waals surface area contributed by atoms with Crippen molar-refractivity contribution >= 4 is 28.3 Å². The highest BCUT2D eigenvalue weighted by Crippen LogP contribution is 2.34. The quantitative estimate of drug-likeness (QED) is 0.555. The Bertz CT molecular complexity index is 1090. The summed E-state index contributed by atoms with van der Waals surface area (Å²) in [5.41, 5.74) is 9.81. The predicted molar refractivity (Wildman–Crippen MR) is 107 cm³/mol. The minimum absolute atomic E-state index is 0.510. The molecule has 4 rings (SSSR count). The smallest absolute Gasteiger partial charge is 0.123 e. The maximum Gasteiger partial charge on any atom is 0.123 e. The normalized spacial score (nSPS) is 11.0. The molecule has 0 aliphatic heterocycles. The van der Waals surface area contributed by atoms with Crippen molar-refractivity contribution in [3.8, 4) is 17.0 Å². The summed E-state index contributed by atoms with van der Waals surface area (Å²) >= 11 is 6.47. The van der Waals surface area contributed by atoms with Crippen molar-refractivity contribution in [3.05, 3.63) is 77.4 Å². The standard InChI is InChI=1S/C21H18ClN3O/c1-26-16-10-9-14-11-20(17-6-2-3-7-18(17)22)25(19(14)12-16)13-15-5-4-8-21(23)24-15/h2-12H,13H2,1H3,(H2,23,24). The van der Waals surface area contributed by atoms with Gasteiger partial charge in [0, 0.05) is 22.0 Å². The van der Waals surface area contributed by atoms with Crippen molar-refractivity contribution in [1.29, 1.82) is 0 Å². The lowest BCUT2D eigenvalue weighted by molar-refractivity contribution is 0.415. The lowest BCUT2D eigenvalue weighted by Crippen LogP contribution is -2.05. The number of methoxy groups -OCH3 is 1. The number of benzene rings is 2. The summed E-state index contributed by atoms with van der Waals surface area (Å²) in [6.45, 7) is 0.586. The number of ether oxygens (including phenoxy) is 1. The van der Waals surface area contributed by atoms with Gasteiger partial charge >= 0.3 is 0 Å². The molecule has 0 atom stereocenters. The number of nitrogen functional groups attached to an aromatic ring is 1. The molecule has 4 aromatic rings. The molecule has 130 valence electrons. The molecule has 0 radical (unpaired) electrons. The van der Waals surface area contributed by atoms with E-state index < -0.39 is 0 Å². The van der Waals surface area contributed by atoms with Crippen molar-refractivity contribution in [2.75, 3.05) is 12.8 Å². The van der Waals surface area contributed by atoms with Gasteiger partial charge in [0.05, 0.1) is 30.6 Å².